The molecule has 0 unspecified atom stereocenters. The first-order valence-electron chi connectivity index (χ1n) is 7.64. The van der Waals surface area contributed by atoms with E-state index in [-0.39, 0.29) is 24.1 Å². The minimum atomic E-state index is -0.353. The average Bonchev–Trinajstić information content (AvgIpc) is 3.20. The van der Waals surface area contributed by atoms with Crippen molar-refractivity contribution < 1.29 is 14.4 Å². The Bertz CT molecular complexity index is 902. The van der Waals surface area contributed by atoms with Crippen molar-refractivity contribution in [2.45, 2.75) is 6.92 Å². The van der Waals surface area contributed by atoms with Gasteiger partial charge in [0, 0.05) is 16.1 Å². The summed E-state index contributed by atoms with van der Waals surface area (Å²) >= 11 is 7.95. The topological polar surface area (TPSA) is 66.5 Å². The first-order valence-corrected chi connectivity index (χ1v) is 9.74. The number of thiophene rings is 1. The molecule has 0 radical (unpaired) electrons. The summed E-state index contributed by atoms with van der Waals surface area (Å²) in [5.74, 6) is -0.664. The summed E-state index contributed by atoms with van der Waals surface area (Å²) in [5.41, 5.74) is 1.12. The van der Waals surface area contributed by atoms with Crippen molar-refractivity contribution in [2.75, 3.05) is 11.9 Å². The first-order chi connectivity index (χ1) is 12.4. The van der Waals surface area contributed by atoms with Gasteiger partial charge >= 0.3 is 0 Å². The number of anilines is 1. The second kappa shape index (κ2) is 7.94. The molecule has 0 bridgehead atoms. The normalized spacial score (nSPS) is 15.6. The SMILES string of the molecule is CC(=O)c1ccc(NC(=O)CN2C(=O)/C(=C/c3cccs3)SC2=S)cc1. The van der Waals surface area contributed by atoms with E-state index in [2.05, 4.69) is 5.32 Å². The number of amides is 2. The van der Waals surface area contributed by atoms with Crippen molar-refractivity contribution in [3.8, 4) is 0 Å². The van der Waals surface area contributed by atoms with Crippen LogP contribution in [0.3, 0.4) is 0 Å². The van der Waals surface area contributed by atoms with Crippen LogP contribution in [0.5, 0.6) is 0 Å². The third kappa shape index (κ3) is 4.27. The molecule has 1 saturated heterocycles. The number of Topliss-reactive ketones (excluding diaryl/α,β-unsaturated/α-hetero) is 1. The number of nitrogens with one attached hydrogen (secondary N) is 1. The van der Waals surface area contributed by atoms with Gasteiger partial charge in [0.2, 0.25) is 5.91 Å². The fourth-order valence-corrected chi connectivity index (χ4v) is 4.25. The fraction of sp³-hybridized carbons (Fsp3) is 0.111. The molecular weight excluding hydrogens is 388 g/mol. The van der Waals surface area contributed by atoms with E-state index in [0.29, 0.717) is 20.5 Å². The molecule has 0 spiro atoms. The van der Waals surface area contributed by atoms with Crippen LogP contribution in [0.15, 0.2) is 46.7 Å². The molecule has 0 saturated carbocycles. The zero-order chi connectivity index (χ0) is 18.7. The Labute approximate surface area is 164 Å². The van der Waals surface area contributed by atoms with E-state index in [9.17, 15) is 14.4 Å². The van der Waals surface area contributed by atoms with Crippen LogP contribution in [-0.4, -0.2) is 33.4 Å². The van der Waals surface area contributed by atoms with Crippen molar-refractivity contribution in [1.29, 1.82) is 0 Å². The average molecular weight is 403 g/mol. The van der Waals surface area contributed by atoms with Gasteiger partial charge < -0.3 is 5.32 Å². The highest BCUT2D eigenvalue weighted by Crippen LogP contribution is 2.33. The lowest BCUT2D eigenvalue weighted by molar-refractivity contribution is -0.126. The smallest absolute Gasteiger partial charge is 0.266 e. The van der Waals surface area contributed by atoms with Gasteiger partial charge in [-0.1, -0.05) is 30.0 Å². The summed E-state index contributed by atoms with van der Waals surface area (Å²) in [6.45, 7) is 1.33. The zero-order valence-electron chi connectivity index (χ0n) is 13.7. The Balaban J connectivity index is 1.64. The van der Waals surface area contributed by atoms with Gasteiger partial charge in [-0.25, -0.2) is 0 Å². The van der Waals surface area contributed by atoms with Gasteiger partial charge in [0.15, 0.2) is 5.78 Å². The third-order valence-electron chi connectivity index (χ3n) is 3.57. The number of nitrogens with zero attached hydrogens (tertiary/aromatic N) is 1. The highest BCUT2D eigenvalue weighted by molar-refractivity contribution is 8.26. The molecule has 1 fully saturated rings. The highest BCUT2D eigenvalue weighted by Gasteiger charge is 2.33. The first kappa shape index (κ1) is 18.5. The van der Waals surface area contributed by atoms with Crippen molar-refractivity contribution >= 4 is 69.0 Å². The minimum absolute atomic E-state index is 0.0435. The van der Waals surface area contributed by atoms with Crippen molar-refractivity contribution in [3.05, 3.63) is 57.1 Å². The van der Waals surface area contributed by atoms with Crippen LogP contribution in [0, 0.1) is 0 Å². The Kier molecular flexibility index (Phi) is 5.65. The summed E-state index contributed by atoms with van der Waals surface area (Å²) in [7, 11) is 0. The molecule has 2 heterocycles. The monoisotopic (exact) mass is 402 g/mol. The van der Waals surface area contributed by atoms with Crippen LogP contribution in [-0.2, 0) is 9.59 Å². The Morgan fingerprint density at radius 1 is 1.23 bits per heavy atom. The predicted molar refractivity (Wildman–Crippen MR) is 109 cm³/mol. The second-order valence-corrected chi connectivity index (χ2v) is 8.12. The van der Waals surface area contributed by atoms with Gasteiger partial charge in [0.25, 0.3) is 5.91 Å². The van der Waals surface area contributed by atoms with E-state index in [1.54, 1.807) is 30.3 Å². The van der Waals surface area contributed by atoms with Crippen LogP contribution in [0.2, 0.25) is 0 Å². The Hall–Kier alpha value is -2.29. The molecule has 0 aliphatic carbocycles. The molecule has 0 atom stereocenters. The quantitative estimate of drug-likeness (QED) is 0.468. The maximum absolute atomic E-state index is 12.5. The summed E-state index contributed by atoms with van der Waals surface area (Å²) in [6, 6.07) is 10.4. The van der Waals surface area contributed by atoms with Crippen molar-refractivity contribution in [2.24, 2.45) is 0 Å². The molecule has 5 nitrogen and oxygen atoms in total. The zero-order valence-corrected chi connectivity index (χ0v) is 16.2. The maximum atomic E-state index is 12.5. The number of hydrogen-bond acceptors (Lipinski definition) is 6. The van der Waals surface area contributed by atoms with Crippen LogP contribution in [0.4, 0.5) is 5.69 Å². The van der Waals surface area contributed by atoms with Crippen LogP contribution < -0.4 is 5.32 Å². The number of ketones is 1. The standard InChI is InChI=1S/C18H14N2O3S3/c1-11(21)12-4-6-13(7-5-12)19-16(22)10-20-17(23)15(26-18(20)24)9-14-3-2-8-25-14/h2-9H,10H2,1H3,(H,19,22)/b15-9-. The van der Waals surface area contributed by atoms with Gasteiger partial charge in [-0.05, 0) is 48.7 Å². The van der Waals surface area contributed by atoms with E-state index < -0.39 is 0 Å². The second-order valence-electron chi connectivity index (χ2n) is 5.46. The number of carbonyl (C=O) groups is 3. The molecule has 1 N–H and O–H groups in total. The number of benzene rings is 1. The van der Waals surface area contributed by atoms with E-state index in [1.807, 2.05) is 17.5 Å². The van der Waals surface area contributed by atoms with E-state index in [1.165, 1.54) is 34.9 Å². The molecule has 1 aliphatic heterocycles. The number of carbonyl (C=O) groups excluding carboxylic acids is 3. The van der Waals surface area contributed by atoms with Gasteiger partial charge in [-0.2, -0.15) is 0 Å². The maximum Gasteiger partial charge on any atom is 0.266 e. The van der Waals surface area contributed by atoms with Crippen LogP contribution in [0.25, 0.3) is 6.08 Å². The summed E-state index contributed by atoms with van der Waals surface area (Å²) in [5, 5.41) is 4.63. The molecule has 8 heteroatoms. The highest BCUT2D eigenvalue weighted by atomic mass is 32.2. The molecule has 1 aliphatic rings. The summed E-state index contributed by atoms with van der Waals surface area (Å²) in [4.78, 5) is 38.8. The molecule has 2 amide bonds. The van der Waals surface area contributed by atoms with E-state index >= 15 is 0 Å². The Morgan fingerprint density at radius 3 is 2.58 bits per heavy atom. The van der Waals surface area contributed by atoms with Gasteiger partial charge in [-0.3, -0.25) is 19.3 Å². The largest absolute Gasteiger partial charge is 0.325 e. The minimum Gasteiger partial charge on any atom is -0.325 e. The number of thiocarbonyl (C=S) groups is 1. The molecule has 2 aromatic rings. The van der Waals surface area contributed by atoms with E-state index in [0.717, 1.165) is 4.88 Å². The number of thioether (sulfide) groups is 1. The summed E-state index contributed by atoms with van der Waals surface area (Å²) < 4.78 is 0.361. The predicted octanol–water partition coefficient (Wildman–Crippen LogP) is 3.79. The van der Waals surface area contributed by atoms with Gasteiger partial charge in [0.05, 0.1) is 4.91 Å². The summed E-state index contributed by atoms with van der Waals surface area (Å²) in [6.07, 6.45) is 1.78. The van der Waals surface area contributed by atoms with Crippen molar-refractivity contribution in [3.63, 3.8) is 0 Å². The molecule has 132 valence electrons. The van der Waals surface area contributed by atoms with Crippen molar-refractivity contribution in [1.82, 2.24) is 4.90 Å². The lowest BCUT2D eigenvalue weighted by Gasteiger charge is -2.14. The molecule has 1 aromatic heterocycles. The van der Waals surface area contributed by atoms with Gasteiger partial charge in [0.1, 0.15) is 10.9 Å². The molecule has 1 aromatic carbocycles. The molecular formula is C18H14N2O3S3. The van der Waals surface area contributed by atoms with E-state index in [4.69, 9.17) is 12.2 Å². The molecule has 26 heavy (non-hydrogen) atoms. The van der Waals surface area contributed by atoms with Crippen LogP contribution in [0.1, 0.15) is 22.2 Å². The lowest BCUT2D eigenvalue weighted by Crippen LogP contribution is -2.36. The number of hydrogen-bond donors (Lipinski definition) is 1. The third-order valence-corrected chi connectivity index (χ3v) is 5.76. The fourth-order valence-electron chi connectivity index (χ4n) is 2.27. The number of rotatable bonds is 5. The molecule has 3 rings (SSSR count). The Morgan fingerprint density at radius 2 is 1.96 bits per heavy atom. The van der Waals surface area contributed by atoms with Gasteiger partial charge in [-0.15, -0.1) is 11.3 Å². The van der Waals surface area contributed by atoms with Crippen LogP contribution >= 0.6 is 35.3 Å². The lowest BCUT2D eigenvalue weighted by atomic mass is 10.1.